The predicted octanol–water partition coefficient (Wildman–Crippen LogP) is 1.37. The number of Topliss-reactive ketones (excluding diaryl/α,β-unsaturated/α-hetero) is 2. The zero-order valence-corrected chi connectivity index (χ0v) is 16.4. The van der Waals surface area contributed by atoms with Crippen molar-refractivity contribution in [2.75, 3.05) is 14.2 Å². The lowest BCUT2D eigenvalue weighted by molar-refractivity contribution is -0.152. The minimum atomic E-state index is -1.03. The van der Waals surface area contributed by atoms with Crippen LogP contribution in [0.25, 0.3) is 5.76 Å². The summed E-state index contributed by atoms with van der Waals surface area (Å²) in [5.41, 5.74) is 0.658. The molecule has 1 aromatic carbocycles. The molecule has 1 aliphatic rings. The van der Waals surface area contributed by atoms with E-state index in [9.17, 15) is 24.0 Å². The van der Waals surface area contributed by atoms with Crippen molar-refractivity contribution in [1.29, 1.82) is 0 Å². The summed E-state index contributed by atoms with van der Waals surface area (Å²) < 4.78 is 19.9. The van der Waals surface area contributed by atoms with E-state index in [0.29, 0.717) is 5.56 Å². The van der Waals surface area contributed by atoms with E-state index >= 15 is 0 Å². The summed E-state index contributed by atoms with van der Waals surface area (Å²) in [6, 6.07) is 4.71. The molecular weight excluding hydrogens is 384 g/mol. The number of carbonyl (C=O) groups is 5. The molecule has 2 rings (SSSR count). The van der Waals surface area contributed by atoms with Crippen molar-refractivity contribution in [2.24, 2.45) is 0 Å². The third-order valence-electron chi connectivity index (χ3n) is 4.09. The number of methoxy groups -OCH3 is 2. The maximum Gasteiger partial charge on any atom is 0.309 e. The van der Waals surface area contributed by atoms with E-state index < -0.39 is 41.3 Å². The number of rotatable bonds is 7. The van der Waals surface area contributed by atoms with Crippen LogP contribution in [0, 0.1) is 0 Å². The zero-order chi connectivity index (χ0) is 21.7. The summed E-state index contributed by atoms with van der Waals surface area (Å²) >= 11 is 0. The van der Waals surface area contributed by atoms with E-state index in [0.717, 1.165) is 6.92 Å². The first-order chi connectivity index (χ1) is 13.7. The van der Waals surface area contributed by atoms with Crippen molar-refractivity contribution < 1.29 is 42.9 Å². The Kier molecular flexibility index (Phi) is 6.87. The van der Waals surface area contributed by atoms with Gasteiger partial charge in [-0.05, 0) is 5.56 Å². The summed E-state index contributed by atoms with van der Waals surface area (Å²) in [4.78, 5) is 59.6. The van der Waals surface area contributed by atoms with Gasteiger partial charge < -0.3 is 18.9 Å². The maximum atomic E-state index is 12.7. The van der Waals surface area contributed by atoms with Gasteiger partial charge in [0.25, 0.3) is 5.78 Å². The number of allylic oxidation sites excluding steroid dienone is 1. The van der Waals surface area contributed by atoms with E-state index in [1.54, 1.807) is 12.1 Å². The van der Waals surface area contributed by atoms with Gasteiger partial charge in [-0.25, -0.2) is 0 Å². The van der Waals surface area contributed by atoms with Crippen LogP contribution in [0.4, 0.5) is 0 Å². The van der Waals surface area contributed by atoms with Crippen LogP contribution in [0.2, 0.25) is 0 Å². The van der Waals surface area contributed by atoms with Crippen LogP contribution >= 0.6 is 0 Å². The molecule has 0 radical (unpaired) electrons. The van der Waals surface area contributed by atoms with Crippen molar-refractivity contribution >= 4 is 35.2 Å². The van der Waals surface area contributed by atoms with Gasteiger partial charge in [0.1, 0.15) is 6.10 Å². The molecule has 0 saturated carbocycles. The standard InChI is InChI=1S/C20H20O9/c1-10(21)28-13(9-15(23)26-3)8-12-6-5-7-14-16(12)17(24)18(25)20(19(14)27-4)29-11(2)22/h5-7,13H,8-9H2,1-4H3. The van der Waals surface area contributed by atoms with Crippen LogP contribution in [0.5, 0.6) is 0 Å². The lowest BCUT2D eigenvalue weighted by Crippen LogP contribution is -2.30. The third kappa shape index (κ3) is 4.87. The van der Waals surface area contributed by atoms with Crippen molar-refractivity contribution in [3.63, 3.8) is 0 Å². The fourth-order valence-electron chi connectivity index (χ4n) is 3.01. The number of carbonyl (C=O) groups excluding carboxylic acids is 5. The number of hydrogen-bond donors (Lipinski definition) is 0. The molecule has 0 fully saturated rings. The molecule has 0 aliphatic heterocycles. The van der Waals surface area contributed by atoms with Crippen LogP contribution in [-0.2, 0) is 44.5 Å². The Labute approximate surface area is 166 Å². The second-order valence-corrected chi connectivity index (χ2v) is 6.17. The van der Waals surface area contributed by atoms with Gasteiger partial charge in [-0.3, -0.25) is 24.0 Å². The number of esters is 3. The SMILES string of the molecule is COC(=O)CC(Cc1cccc2c1C(=O)C(=O)C(OC(C)=O)=C2OC)OC(C)=O. The van der Waals surface area contributed by atoms with Gasteiger partial charge in [0.05, 0.1) is 20.6 Å². The first-order valence-corrected chi connectivity index (χ1v) is 8.61. The van der Waals surface area contributed by atoms with Crippen LogP contribution in [0.1, 0.15) is 41.8 Å². The normalized spacial score (nSPS) is 14.1. The minimum absolute atomic E-state index is 0.0171. The molecule has 9 heteroatoms. The molecule has 0 aromatic heterocycles. The first kappa shape index (κ1) is 21.8. The van der Waals surface area contributed by atoms with Gasteiger partial charge in [-0.1, -0.05) is 18.2 Å². The van der Waals surface area contributed by atoms with Crippen molar-refractivity contribution in [3.8, 4) is 0 Å². The summed E-state index contributed by atoms with van der Waals surface area (Å²) in [6.07, 6.45) is -1.15. The Balaban J connectivity index is 2.53. The summed E-state index contributed by atoms with van der Waals surface area (Å²) in [5, 5.41) is 0. The topological polar surface area (TPSA) is 122 Å². The third-order valence-corrected chi connectivity index (χ3v) is 4.09. The summed E-state index contributed by atoms with van der Waals surface area (Å²) in [7, 11) is 2.48. The summed E-state index contributed by atoms with van der Waals surface area (Å²) in [5.74, 6) is -4.46. The lowest BCUT2D eigenvalue weighted by Gasteiger charge is -2.23. The first-order valence-electron chi connectivity index (χ1n) is 8.61. The van der Waals surface area contributed by atoms with E-state index in [1.807, 2.05) is 0 Å². The van der Waals surface area contributed by atoms with Crippen LogP contribution < -0.4 is 0 Å². The van der Waals surface area contributed by atoms with E-state index in [1.165, 1.54) is 27.2 Å². The van der Waals surface area contributed by atoms with E-state index in [4.69, 9.17) is 14.2 Å². The zero-order valence-electron chi connectivity index (χ0n) is 16.4. The Hall–Kier alpha value is -3.49. The largest absolute Gasteiger partial charge is 0.492 e. The molecular formula is C20H20O9. The number of benzene rings is 1. The summed E-state index contributed by atoms with van der Waals surface area (Å²) in [6.45, 7) is 2.29. The molecule has 1 atom stereocenters. The Morgan fingerprint density at radius 1 is 0.966 bits per heavy atom. The number of fused-ring (bicyclic) bond motifs is 1. The highest BCUT2D eigenvalue weighted by Crippen LogP contribution is 2.33. The van der Waals surface area contributed by atoms with Crippen molar-refractivity contribution in [3.05, 3.63) is 40.6 Å². The molecule has 1 aromatic rings. The number of hydrogen-bond acceptors (Lipinski definition) is 9. The fourth-order valence-corrected chi connectivity index (χ4v) is 3.01. The van der Waals surface area contributed by atoms with E-state index in [2.05, 4.69) is 4.74 Å². The fraction of sp³-hybridized carbons (Fsp3) is 0.350. The molecule has 0 spiro atoms. The Morgan fingerprint density at radius 2 is 1.66 bits per heavy atom. The monoisotopic (exact) mass is 404 g/mol. The van der Waals surface area contributed by atoms with Gasteiger partial charge in [0, 0.05) is 31.4 Å². The molecule has 0 N–H and O–H groups in total. The van der Waals surface area contributed by atoms with Crippen molar-refractivity contribution in [1.82, 2.24) is 0 Å². The second kappa shape index (κ2) is 9.13. The molecule has 1 aliphatic carbocycles. The molecule has 0 saturated heterocycles. The lowest BCUT2D eigenvalue weighted by atomic mass is 9.86. The molecule has 0 amide bonds. The van der Waals surface area contributed by atoms with Crippen LogP contribution in [0.3, 0.4) is 0 Å². The van der Waals surface area contributed by atoms with Gasteiger partial charge in [0.2, 0.25) is 11.5 Å². The highest BCUT2D eigenvalue weighted by molar-refractivity contribution is 6.52. The molecule has 9 nitrogen and oxygen atoms in total. The van der Waals surface area contributed by atoms with Gasteiger partial charge in [-0.2, -0.15) is 0 Å². The number of ketones is 2. The molecule has 29 heavy (non-hydrogen) atoms. The number of ether oxygens (including phenoxy) is 4. The Bertz CT molecular complexity index is 911. The smallest absolute Gasteiger partial charge is 0.309 e. The van der Waals surface area contributed by atoms with E-state index in [-0.39, 0.29) is 29.7 Å². The average Bonchev–Trinajstić information content (AvgIpc) is 2.65. The molecule has 0 bridgehead atoms. The molecule has 154 valence electrons. The second-order valence-electron chi connectivity index (χ2n) is 6.17. The average molecular weight is 404 g/mol. The van der Waals surface area contributed by atoms with Gasteiger partial charge in [0.15, 0.2) is 5.76 Å². The highest BCUT2D eigenvalue weighted by Gasteiger charge is 2.38. The van der Waals surface area contributed by atoms with Crippen LogP contribution in [0.15, 0.2) is 24.0 Å². The maximum absolute atomic E-state index is 12.7. The Morgan fingerprint density at radius 3 is 2.21 bits per heavy atom. The minimum Gasteiger partial charge on any atom is -0.492 e. The molecule has 0 heterocycles. The quantitative estimate of drug-likeness (QED) is 0.376. The van der Waals surface area contributed by atoms with Gasteiger partial charge in [-0.15, -0.1) is 0 Å². The van der Waals surface area contributed by atoms with Gasteiger partial charge >= 0.3 is 17.9 Å². The highest BCUT2D eigenvalue weighted by atomic mass is 16.6. The van der Waals surface area contributed by atoms with Crippen LogP contribution in [-0.4, -0.2) is 49.8 Å². The predicted molar refractivity (Wildman–Crippen MR) is 97.4 cm³/mol. The van der Waals surface area contributed by atoms with Crippen molar-refractivity contribution in [2.45, 2.75) is 32.8 Å². The molecule has 1 unspecified atom stereocenters.